The minimum atomic E-state index is -0.247. The maximum absolute atomic E-state index is 10.4. The molecule has 0 atom stereocenters. The van der Waals surface area contributed by atoms with Crippen molar-refractivity contribution in [1.29, 1.82) is 0 Å². The van der Waals surface area contributed by atoms with Gasteiger partial charge in [-0.1, -0.05) is 0 Å². The van der Waals surface area contributed by atoms with Crippen molar-refractivity contribution < 1.29 is 9.21 Å². The van der Waals surface area contributed by atoms with Crippen LogP contribution in [0.2, 0.25) is 0 Å². The summed E-state index contributed by atoms with van der Waals surface area (Å²) in [5.74, 6) is 2.31. The summed E-state index contributed by atoms with van der Waals surface area (Å²) in [7, 11) is 0. The molecular formula is C9H13NO2S. The van der Waals surface area contributed by atoms with E-state index in [0.29, 0.717) is 6.42 Å². The van der Waals surface area contributed by atoms with Crippen molar-refractivity contribution in [2.45, 2.75) is 19.1 Å². The van der Waals surface area contributed by atoms with Crippen LogP contribution in [0, 0.1) is 6.92 Å². The van der Waals surface area contributed by atoms with Gasteiger partial charge in [-0.15, -0.1) is 0 Å². The Morgan fingerprint density at radius 3 is 3.00 bits per heavy atom. The van der Waals surface area contributed by atoms with E-state index < -0.39 is 0 Å². The smallest absolute Gasteiger partial charge is 0.218 e. The lowest BCUT2D eigenvalue weighted by Crippen LogP contribution is -2.10. The van der Waals surface area contributed by atoms with E-state index in [4.69, 9.17) is 10.2 Å². The summed E-state index contributed by atoms with van der Waals surface area (Å²) < 4.78 is 5.23. The number of thioether (sulfide) groups is 1. The maximum atomic E-state index is 10.4. The fraction of sp³-hybridized carbons (Fsp3) is 0.444. The van der Waals surface area contributed by atoms with Crippen LogP contribution in [0.15, 0.2) is 16.7 Å². The standard InChI is InChI=1S/C9H13NO2S/c1-7-2-4-12-8(7)6-13-5-3-9(10)11/h2,4H,3,5-6H2,1H3,(H2,10,11). The monoisotopic (exact) mass is 199 g/mol. The van der Waals surface area contributed by atoms with Gasteiger partial charge in [-0.2, -0.15) is 11.8 Å². The molecule has 2 N–H and O–H groups in total. The average Bonchev–Trinajstić information content (AvgIpc) is 2.45. The molecule has 13 heavy (non-hydrogen) atoms. The fourth-order valence-corrected chi connectivity index (χ4v) is 1.86. The molecule has 0 spiro atoms. The molecule has 4 heteroatoms. The number of rotatable bonds is 5. The largest absolute Gasteiger partial charge is 0.468 e. The lowest BCUT2D eigenvalue weighted by molar-refractivity contribution is -0.117. The van der Waals surface area contributed by atoms with E-state index in [1.54, 1.807) is 18.0 Å². The number of amides is 1. The molecule has 0 aliphatic heterocycles. The lowest BCUT2D eigenvalue weighted by Gasteiger charge is -1.97. The van der Waals surface area contributed by atoms with Crippen LogP contribution in [-0.4, -0.2) is 11.7 Å². The molecule has 0 aliphatic carbocycles. The van der Waals surface area contributed by atoms with Crippen molar-refractivity contribution in [2.75, 3.05) is 5.75 Å². The highest BCUT2D eigenvalue weighted by Crippen LogP contribution is 2.17. The summed E-state index contributed by atoms with van der Waals surface area (Å²) in [6, 6.07) is 1.93. The molecule has 0 aliphatic rings. The summed E-state index contributed by atoms with van der Waals surface area (Å²) in [6.45, 7) is 2.01. The second-order valence-electron chi connectivity index (χ2n) is 2.80. The molecule has 0 radical (unpaired) electrons. The normalized spacial score (nSPS) is 10.2. The van der Waals surface area contributed by atoms with E-state index in [0.717, 1.165) is 22.8 Å². The molecule has 1 aromatic rings. The first kappa shape index (κ1) is 10.2. The third-order valence-corrected chi connectivity index (χ3v) is 2.65. The van der Waals surface area contributed by atoms with E-state index in [9.17, 15) is 4.79 Å². The van der Waals surface area contributed by atoms with Crippen molar-refractivity contribution in [3.63, 3.8) is 0 Å². The first-order valence-electron chi connectivity index (χ1n) is 4.09. The molecule has 1 aromatic heterocycles. The zero-order valence-corrected chi connectivity index (χ0v) is 8.39. The van der Waals surface area contributed by atoms with Crippen LogP contribution in [0.25, 0.3) is 0 Å². The average molecular weight is 199 g/mol. The Bertz CT molecular complexity index is 283. The van der Waals surface area contributed by atoms with E-state index in [1.807, 2.05) is 13.0 Å². The van der Waals surface area contributed by atoms with Gasteiger partial charge in [-0.3, -0.25) is 4.79 Å². The molecule has 0 saturated carbocycles. The van der Waals surface area contributed by atoms with E-state index in [-0.39, 0.29) is 5.91 Å². The predicted molar refractivity (Wildman–Crippen MR) is 53.4 cm³/mol. The molecule has 3 nitrogen and oxygen atoms in total. The highest BCUT2D eigenvalue weighted by molar-refractivity contribution is 7.98. The summed E-state index contributed by atoms with van der Waals surface area (Å²) in [4.78, 5) is 10.4. The van der Waals surface area contributed by atoms with Gasteiger partial charge in [0.25, 0.3) is 0 Å². The molecule has 0 aromatic carbocycles. The fourth-order valence-electron chi connectivity index (χ4n) is 0.890. The molecule has 0 fully saturated rings. The van der Waals surface area contributed by atoms with Gasteiger partial charge in [0.2, 0.25) is 5.91 Å². The molecule has 0 bridgehead atoms. The number of carbonyl (C=O) groups is 1. The highest BCUT2D eigenvalue weighted by atomic mass is 32.2. The predicted octanol–water partition coefficient (Wildman–Crippen LogP) is 1.70. The Hall–Kier alpha value is -0.900. The number of hydrogen-bond donors (Lipinski definition) is 1. The van der Waals surface area contributed by atoms with Crippen molar-refractivity contribution in [2.24, 2.45) is 5.73 Å². The third-order valence-electron chi connectivity index (χ3n) is 1.69. The summed E-state index contributed by atoms with van der Waals surface area (Å²) in [5.41, 5.74) is 6.16. The van der Waals surface area contributed by atoms with E-state index in [2.05, 4.69) is 0 Å². The van der Waals surface area contributed by atoms with Crippen molar-refractivity contribution >= 4 is 17.7 Å². The van der Waals surface area contributed by atoms with Gasteiger partial charge in [-0.25, -0.2) is 0 Å². The Morgan fingerprint density at radius 2 is 2.46 bits per heavy atom. The molecule has 1 rings (SSSR count). The van der Waals surface area contributed by atoms with Gasteiger partial charge in [-0.05, 0) is 18.6 Å². The Labute approximate surface area is 81.7 Å². The van der Waals surface area contributed by atoms with Crippen LogP contribution in [-0.2, 0) is 10.5 Å². The second kappa shape index (κ2) is 4.97. The van der Waals surface area contributed by atoms with Crippen molar-refractivity contribution in [1.82, 2.24) is 0 Å². The SMILES string of the molecule is Cc1ccoc1CSCCC(N)=O. The van der Waals surface area contributed by atoms with Crippen LogP contribution in [0.3, 0.4) is 0 Å². The zero-order valence-electron chi connectivity index (χ0n) is 7.58. The number of carbonyl (C=O) groups excluding carboxylic acids is 1. The zero-order chi connectivity index (χ0) is 9.68. The number of nitrogens with two attached hydrogens (primary N) is 1. The Balaban J connectivity index is 2.20. The highest BCUT2D eigenvalue weighted by Gasteiger charge is 2.01. The number of primary amides is 1. The third kappa shape index (κ3) is 3.55. The molecule has 0 unspecified atom stereocenters. The number of furan rings is 1. The number of hydrogen-bond acceptors (Lipinski definition) is 3. The molecular weight excluding hydrogens is 186 g/mol. The van der Waals surface area contributed by atoms with E-state index >= 15 is 0 Å². The van der Waals surface area contributed by atoms with Gasteiger partial charge < -0.3 is 10.2 Å². The van der Waals surface area contributed by atoms with Crippen LogP contribution in [0.4, 0.5) is 0 Å². The van der Waals surface area contributed by atoms with Gasteiger partial charge in [0.15, 0.2) is 0 Å². The van der Waals surface area contributed by atoms with E-state index in [1.165, 1.54) is 0 Å². The topological polar surface area (TPSA) is 56.2 Å². The van der Waals surface area contributed by atoms with Gasteiger partial charge in [0.1, 0.15) is 5.76 Å². The first-order valence-corrected chi connectivity index (χ1v) is 5.24. The molecule has 0 saturated heterocycles. The van der Waals surface area contributed by atoms with Gasteiger partial charge in [0, 0.05) is 12.2 Å². The van der Waals surface area contributed by atoms with Crippen LogP contribution < -0.4 is 5.73 Å². The van der Waals surface area contributed by atoms with Gasteiger partial charge in [0.05, 0.1) is 12.0 Å². The van der Waals surface area contributed by atoms with Crippen LogP contribution >= 0.6 is 11.8 Å². The Kier molecular flexibility index (Phi) is 3.89. The van der Waals surface area contributed by atoms with Gasteiger partial charge >= 0.3 is 0 Å². The summed E-state index contributed by atoms with van der Waals surface area (Å²) in [5, 5.41) is 0. The van der Waals surface area contributed by atoms with Crippen molar-refractivity contribution in [3.8, 4) is 0 Å². The second-order valence-corrected chi connectivity index (χ2v) is 3.90. The molecule has 1 heterocycles. The number of aryl methyl sites for hydroxylation is 1. The minimum Gasteiger partial charge on any atom is -0.468 e. The molecule has 72 valence electrons. The maximum Gasteiger partial charge on any atom is 0.218 e. The summed E-state index contributed by atoms with van der Waals surface area (Å²) in [6.07, 6.45) is 2.11. The van der Waals surface area contributed by atoms with Crippen LogP contribution in [0.5, 0.6) is 0 Å². The lowest BCUT2D eigenvalue weighted by atomic mass is 10.3. The summed E-state index contributed by atoms with van der Waals surface area (Å²) >= 11 is 1.66. The van der Waals surface area contributed by atoms with Crippen LogP contribution in [0.1, 0.15) is 17.7 Å². The Morgan fingerprint density at radius 1 is 1.69 bits per heavy atom. The quantitative estimate of drug-likeness (QED) is 0.734. The van der Waals surface area contributed by atoms with Crippen molar-refractivity contribution in [3.05, 3.63) is 23.7 Å². The minimum absolute atomic E-state index is 0.247. The first-order chi connectivity index (χ1) is 6.20. The molecule has 1 amide bonds.